The molecule has 0 spiro atoms. The molecule has 3 heteroatoms. The predicted octanol–water partition coefficient (Wildman–Crippen LogP) is 2.42. The summed E-state index contributed by atoms with van der Waals surface area (Å²) in [4.78, 5) is 0. The fourth-order valence-corrected chi connectivity index (χ4v) is 0.573. The van der Waals surface area contributed by atoms with Gasteiger partial charge >= 0.3 is 0 Å². The van der Waals surface area contributed by atoms with Gasteiger partial charge in [-0.15, -0.1) is 0 Å². The highest BCUT2D eigenvalue weighted by molar-refractivity contribution is 7.81. The average molecular weight is 194 g/mol. The molecule has 0 heterocycles. The molecule has 0 fully saturated rings. The van der Waals surface area contributed by atoms with E-state index in [4.69, 9.17) is 4.74 Å². The van der Waals surface area contributed by atoms with Gasteiger partial charge in [-0.3, -0.25) is 0 Å². The average Bonchev–Trinajstić information content (AvgIpc) is 1.83. The van der Waals surface area contributed by atoms with Gasteiger partial charge in [-0.05, 0) is 27.7 Å². The Morgan fingerprint density at radius 3 is 1.91 bits per heavy atom. The molecule has 0 N–H and O–H groups in total. The highest BCUT2D eigenvalue weighted by atomic mass is 32.1. The van der Waals surface area contributed by atoms with Gasteiger partial charge in [0, 0.05) is 10.5 Å². The first-order valence-electron chi connectivity index (χ1n) is 3.74. The summed E-state index contributed by atoms with van der Waals surface area (Å²) in [7, 11) is 0. The van der Waals surface area contributed by atoms with E-state index in [-0.39, 0.29) is 10.3 Å². The van der Waals surface area contributed by atoms with Crippen LogP contribution in [0.5, 0.6) is 0 Å². The molecule has 0 radical (unpaired) electrons. The summed E-state index contributed by atoms with van der Waals surface area (Å²) in [6.45, 7) is 8.78. The molecule has 0 bridgehead atoms. The minimum Gasteiger partial charge on any atom is -0.373 e. The quantitative estimate of drug-likeness (QED) is 0.654. The Bertz CT molecular complexity index is 116. The van der Waals surface area contributed by atoms with Crippen molar-refractivity contribution < 1.29 is 4.74 Å². The van der Waals surface area contributed by atoms with E-state index < -0.39 is 0 Å². The topological polar surface area (TPSA) is 9.23 Å². The van der Waals surface area contributed by atoms with Crippen LogP contribution < -0.4 is 0 Å². The van der Waals surface area contributed by atoms with Crippen LogP contribution in [-0.2, 0) is 4.74 Å². The van der Waals surface area contributed by atoms with Gasteiger partial charge in [0.1, 0.15) is 0 Å². The maximum absolute atomic E-state index is 5.59. The molecule has 0 saturated heterocycles. The van der Waals surface area contributed by atoms with E-state index in [0.29, 0.717) is 6.61 Å². The molecule has 0 aliphatic carbocycles. The molecule has 0 saturated carbocycles. The summed E-state index contributed by atoms with van der Waals surface area (Å²) >= 11 is 8.54. The van der Waals surface area contributed by atoms with Gasteiger partial charge in [-0.2, -0.15) is 25.3 Å². The van der Waals surface area contributed by atoms with E-state index in [1.165, 1.54) is 0 Å². The first kappa shape index (κ1) is 11.7. The molecule has 0 atom stereocenters. The third kappa shape index (κ3) is 7.04. The lowest BCUT2D eigenvalue weighted by Crippen LogP contribution is -2.32. The van der Waals surface area contributed by atoms with Crippen molar-refractivity contribution in [2.24, 2.45) is 0 Å². The summed E-state index contributed by atoms with van der Waals surface area (Å²) in [6.07, 6.45) is 0. The van der Waals surface area contributed by atoms with Crippen LogP contribution in [0.3, 0.4) is 0 Å². The van der Waals surface area contributed by atoms with Crippen molar-refractivity contribution in [3.05, 3.63) is 0 Å². The highest BCUT2D eigenvalue weighted by Crippen LogP contribution is 2.18. The Morgan fingerprint density at radius 2 is 1.64 bits per heavy atom. The second kappa shape index (κ2) is 4.06. The second-order valence-corrected chi connectivity index (χ2v) is 5.55. The third-order valence-electron chi connectivity index (χ3n) is 1.20. The summed E-state index contributed by atoms with van der Waals surface area (Å²) in [5, 5.41) is 0. The summed E-state index contributed by atoms with van der Waals surface area (Å²) in [5.41, 5.74) is -0.136. The molecule has 0 amide bonds. The van der Waals surface area contributed by atoms with E-state index in [9.17, 15) is 0 Å². The van der Waals surface area contributed by atoms with E-state index in [0.717, 1.165) is 5.75 Å². The number of thiol groups is 2. The zero-order chi connectivity index (χ0) is 9.12. The summed E-state index contributed by atoms with van der Waals surface area (Å²) in [6, 6.07) is 0. The van der Waals surface area contributed by atoms with E-state index in [1.54, 1.807) is 0 Å². The molecule has 0 aliphatic rings. The van der Waals surface area contributed by atoms with Crippen LogP contribution in [0.25, 0.3) is 0 Å². The van der Waals surface area contributed by atoms with Crippen molar-refractivity contribution >= 4 is 25.3 Å². The second-order valence-electron chi connectivity index (χ2n) is 4.02. The Balaban J connectivity index is 3.70. The Hall–Kier alpha value is 0.660. The van der Waals surface area contributed by atoms with Crippen molar-refractivity contribution in [3.8, 4) is 0 Å². The Kier molecular flexibility index (Phi) is 4.30. The van der Waals surface area contributed by atoms with Gasteiger partial charge in [0.2, 0.25) is 0 Å². The first-order chi connectivity index (χ1) is 4.77. The lowest BCUT2D eigenvalue weighted by Gasteiger charge is -2.27. The molecule has 11 heavy (non-hydrogen) atoms. The van der Waals surface area contributed by atoms with E-state index >= 15 is 0 Å². The van der Waals surface area contributed by atoms with Crippen LogP contribution in [0.15, 0.2) is 0 Å². The smallest absolute Gasteiger partial charge is 0.0714 e. The first-order valence-corrected chi connectivity index (χ1v) is 4.82. The number of rotatable bonds is 4. The molecular formula is C8H18OS2. The van der Waals surface area contributed by atoms with Crippen molar-refractivity contribution in [1.29, 1.82) is 0 Å². The normalized spacial score (nSPS) is 13.6. The van der Waals surface area contributed by atoms with Gasteiger partial charge in [-0.1, -0.05) is 0 Å². The molecule has 0 aromatic heterocycles. The molecule has 0 rings (SSSR count). The summed E-state index contributed by atoms with van der Waals surface area (Å²) < 4.78 is 5.53. The minimum atomic E-state index is -0.136. The molecule has 0 aromatic carbocycles. The molecule has 0 unspecified atom stereocenters. The van der Waals surface area contributed by atoms with Crippen molar-refractivity contribution in [2.45, 2.75) is 38.0 Å². The van der Waals surface area contributed by atoms with Crippen molar-refractivity contribution in [3.63, 3.8) is 0 Å². The fraction of sp³-hybridized carbons (Fsp3) is 1.00. The molecule has 0 aromatic rings. The van der Waals surface area contributed by atoms with E-state index in [2.05, 4.69) is 25.3 Å². The van der Waals surface area contributed by atoms with Crippen LogP contribution in [0, 0.1) is 0 Å². The third-order valence-corrected chi connectivity index (χ3v) is 2.09. The largest absolute Gasteiger partial charge is 0.373 e. The van der Waals surface area contributed by atoms with Crippen LogP contribution in [0.2, 0.25) is 0 Å². The molecule has 0 aliphatic heterocycles. The minimum absolute atomic E-state index is 0.0553. The van der Waals surface area contributed by atoms with Crippen molar-refractivity contribution in [1.82, 2.24) is 0 Å². The van der Waals surface area contributed by atoms with Crippen LogP contribution in [-0.4, -0.2) is 22.7 Å². The monoisotopic (exact) mass is 194 g/mol. The molecule has 1 nitrogen and oxygen atoms in total. The maximum Gasteiger partial charge on any atom is 0.0714 e. The van der Waals surface area contributed by atoms with Gasteiger partial charge in [-0.25, -0.2) is 0 Å². The maximum atomic E-state index is 5.59. The molecular weight excluding hydrogens is 176 g/mol. The van der Waals surface area contributed by atoms with Crippen molar-refractivity contribution in [2.75, 3.05) is 12.4 Å². The van der Waals surface area contributed by atoms with Crippen LogP contribution in [0.1, 0.15) is 27.7 Å². The number of hydrogen-bond donors (Lipinski definition) is 2. The Labute approximate surface area is 80.7 Å². The Morgan fingerprint density at radius 1 is 1.18 bits per heavy atom. The lowest BCUT2D eigenvalue weighted by atomic mass is 10.1. The fourth-order valence-electron chi connectivity index (χ4n) is 0.418. The van der Waals surface area contributed by atoms with Gasteiger partial charge < -0.3 is 4.74 Å². The standard InChI is InChI=1S/C8H18OS2/c1-7(2,6-10)9-5-8(3,4)11/h10-11H,5-6H2,1-4H3. The van der Waals surface area contributed by atoms with Gasteiger partial charge in [0.15, 0.2) is 0 Å². The highest BCUT2D eigenvalue weighted by Gasteiger charge is 2.20. The number of ether oxygens (including phenoxy) is 1. The predicted molar refractivity (Wildman–Crippen MR) is 56.9 cm³/mol. The SMILES string of the molecule is CC(C)(S)COC(C)(C)CS. The molecule has 68 valence electrons. The summed E-state index contributed by atoms with van der Waals surface area (Å²) in [5.74, 6) is 0.733. The van der Waals surface area contributed by atoms with Crippen LogP contribution in [0.4, 0.5) is 0 Å². The van der Waals surface area contributed by atoms with Gasteiger partial charge in [0.05, 0.1) is 12.2 Å². The van der Waals surface area contributed by atoms with E-state index in [1.807, 2.05) is 27.7 Å². The van der Waals surface area contributed by atoms with Gasteiger partial charge in [0.25, 0.3) is 0 Å². The number of hydrogen-bond acceptors (Lipinski definition) is 3. The zero-order valence-corrected chi connectivity index (χ0v) is 9.51. The lowest BCUT2D eigenvalue weighted by molar-refractivity contribution is -0.00685. The van der Waals surface area contributed by atoms with Crippen LogP contribution >= 0.6 is 25.3 Å². The zero-order valence-electron chi connectivity index (χ0n) is 7.72.